The molecule has 2 aromatic rings. The van der Waals surface area contributed by atoms with Gasteiger partial charge in [0, 0.05) is 19.5 Å². The summed E-state index contributed by atoms with van der Waals surface area (Å²) in [5, 5.41) is 0.739. The predicted molar refractivity (Wildman–Crippen MR) is 98.9 cm³/mol. The van der Waals surface area contributed by atoms with E-state index in [4.69, 9.17) is 14.5 Å². The van der Waals surface area contributed by atoms with Crippen LogP contribution in [0.2, 0.25) is 0 Å². The quantitative estimate of drug-likeness (QED) is 0.826. The molecule has 6 nitrogen and oxygen atoms in total. The van der Waals surface area contributed by atoms with Crippen LogP contribution in [0.5, 0.6) is 5.75 Å². The molecule has 5 heterocycles. The van der Waals surface area contributed by atoms with E-state index in [1.807, 2.05) is 18.2 Å². The zero-order chi connectivity index (χ0) is 17.0. The molecule has 0 N–H and O–H groups in total. The molecule has 2 bridgehead atoms. The summed E-state index contributed by atoms with van der Waals surface area (Å²) in [6, 6.07) is 6.62. The standard InChI is InChI=1S/C18H22N4O2S/c1-21-10-18(11-22-7-5-12(18)6-8-22)24-17(21)20-16-19-14-4-3-13(23-2)9-15(14)25-16/h3-4,9,12H,5-8,10-11H2,1-2H3/b20-17-. The van der Waals surface area contributed by atoms with Crippen molar-refractivity contribution in [2.24, 2.45) is 10.9 Å². The summed E-state index contributed by atoms with van der Waals surface area (Å²) in [7, 11) is 3.75. The van der Waals surface area contributed by atoms with Gasteiger partial charge in [-0.2, -0.15) is 4.99 Å². The molecule has 1 spiro atoms. The number of nitrogens with zero attached hydrogens (tertiary/aromatic N) is 4. The third-order valence-electron chi connectivity index (χ3n) is 5.72. The third kappa shape index (κ3) is 2.48. The summed E-state index contributed by atoms with van der Waals surface area (Å²) in [4.78, 5) is 14.0. The Morgan fingerprint density at radius 2 is 2.16 bits per heavy atom. The number of benzene rings is 1. The number of hydrogen-bond acceptors (Lipinski definition) is 6. The fourth-order valence-electron chi connectivity index (χ4n) is 4.44. The van der Waals surface area contributed by atoms with E-state index in [1.54, 1.807) is 18.4 Å². The van der Waals surface area contributed by atoms with Gasteiger partial charge in [0.05, 0.1) is 23.9 Å². The van der Waals surface area contributed by atoms with Crippen LogP contribution in [0.1, 0.15) is 12.8 Å². The zero-order valence-electron chi connectivity index (χ0n) is 14.6. The summed E-state index contributed by atoms with van der Waals surface area (Å²) < 4.78 is 12.8. The van der Waals surface area contributed by atoms with Gasteiger partial charge in [-0.15, -0.1) is 0 Å². The van der Waals surface area contributed by atoms with E-state index in [-0.39, 0.29) is 5.60 Å². The van der Waals surface area contributed by atoms with Crippen LogP contribution < -0.4 is 4.74 Å². The second-order valence-corrected chi connectivity index (χ2v) is 8.31. The van der Waals surface area contributed by atoms with Crippen LogP contribution in [-0.4, -0.2) is 66.7 Å². The minimum Gasteiger partial charge on any atom is -0.497 e. The van der Waals surface area contributed by atoms with Crippen LogP contribution in [0.3, 0.4) is 0 Å². The molecule has 1 unspecified atom stereocenters. The van der Waals surface area contributed by atoms with Crippen molar-refractivity contribution in [2.75, 3.05) is 40.3 Å². The lowest BCUT2D eigenvalue weighted by molar-refractivity contribution is -0.0818. The molecule has 7 heteroatoms. The monoisotopic (exact) mass is 358 g/mol. The van der Waals surface area contributed by atoms with Crippen molar-refractivity contribution >= 4 is 32.7 Å². The Balaban J connectivity index is 1.45. The van der Waals surface area contributed by atoms with Gasteiger partial charge >= 0.3 is 0 Å². The van der Waals surface area contributed by atoms with E-state index in [0.29, 0.717) is 11.9 Å². The lowest BCUT2D eigenvalue weighted by Gasteiger charge is -2.49. The predicted octanol–water partition coefficient (Wildman–Crippen LogP) is 2.72. The second-order valence-electron chi connectivity index (χ2n) is 7.30. The number of likely N-dealkylation sites (N-methyl/N-ethyl adjacent to an activating group) is 1. The van der Waals surface area contributed by atoms with Crippen molar-refractivity contribution in [1.82, 2.24) is 14.8 Å². The Labute approximate surface area is 151 Å². The zero-order valence-corrected chi connectivity index (χ0v) is 15.4. The van der Waals surface area contributed by atoms with Crippen LogP contribution in [0.15, 0.2) is 23.2 Å². The summed E-state index contributed by atoms with van der Waals surface area (Å²) in [6.45, 7) is 4.38. The fourth-order valence-corrected chi connectivity index (χ4v) is 5.30. The van der Waals surface area contributed by atoms with Crippen molar-refractivity contribution in [1.29, 1.82) is 0 Å². The molecule has 25 heavy (non-hydrogen) atoms. The normalized spacial score (nSPS) is 32.7. The average molecular weight is 358 g/mol. The number of aromatic nitrogens is 1. The molecule has 132 valence electrons. The van der Waals surface area contributed by atoms with Gasteiger partial charge in [-0.05, 0) is 44.1 Å². The Kier molecular flexibility index (Phi) is 3.43. The number of fused-ring (bicyclic) bond motifs is 3. The Morgan fingerprint density at radius 1 is 1.32 bits per heavy atom. The van der Waals surface area contributed by atoms with Crippen molar-refractivity contribution in [3.63, 3.8) is 0 Å². The van der Waals surface area contributed by atoms with E-state index in [2.05, 4.69) is 21.8 Å². The van der Waals surface area contributed by atoms with E-state index in [1.165, 1.54) is 25.9 Å². The highest BCUT2D eigenvalue weighted by Crippen LogP contribution is 2.42. The first-order chi connectivity index (χ1) is 12.1. The van der Waals surface area contributed by atoms with Gasteiger partial charge in [0.15, 0.2) is 0 Å². The maximum atomic E-state index is 6.46. The highest BCUT2D eigenvalue weighted by molar-refractivity contribution is 7.22. The fraction of sp³-hybridized carbons (Fsp3) is 0.556. The molecule has 1 aromatic carbocycles. The van der Waals surface area contributed by atoms with Gasteiger partial charge in [0.1, 0.15) is 11.4 Å². The summed E-state index contributed by atoms with van der Waals surface area (Å²) in [5.74, 6) is 1.49. The molecule has 4 fully saturated rings. The average Bonchev–Trinajstić information content (AvgIpc) is 3.15. The number of aliphatic imine (C=N–C) groups is 1. The lowest BCUT2D eigenvalue weighted by Crippen LogP contribution is -2.60. The Bertz CT molecular complexity index is 843. The topological polar surface area (TPSA) is 50.2 Å². The number of hydrogen-bond donors (Lipinski definition) is 0. The maximum Gasteiger partial charge on any atom is 0.295 e. The minimum atomic E-state index is -0.0794. The van der Waals surface area contributed by atoms with E-state index in [0.717, 1.165) is 34.2 Å². The van der Waals surface area contributed by atoms with E-state index >= 15 is 0 Å². The van der Waals surface area contributed by atoms with Gasteiger partial charge in [-0.1, -0.05) is 11.3 Å². The van der Waals surface area contributed by atoms with Gasteiger partial charge in [-0.3, -0.25) is 4.90 Å². The van der Waals surface area contributed by atoms with E-state index < -0.39 is 0 Å². The summed E-state index contributed by atoms with van der Waals surface area (Å²) in [5.41, 5.74) is 0.868. The maximum absolute atomic E-state index is 6.46. The van der Waals surface area contributed by atoms with Crippen molar-refractivity contribution in [2.45, 2.75) is 18.4 Å². The van der Waals surface area contributed by atoms with Gasteiger partial charge in [0.2, 0.25) is 5.13 Å². The summed E-state index contributed by atoms with van der Waals surface area (Å²) in [6.07, 6.45) is 2.48. The first-order valence-electron chi connectivity index (χ1n) is 8.81. The third-order valence-corrected chi connectivity index (χ3v) is 6.64. The van der Waals surface area contributed by atoms with Gasteiger partial charge in [-0.25, -0.2) is 4.98 Å². The highest BCUT2D eigenvalue weighted by Gasteiger charge is 2.53. The number of ether oxygens (including phenoxy) is 2. The Morgan fingerprint density at radius 3 is 2.88 bits per heavy atom. The molecule has 0 saturated carbocycles. The van der Waals surface area contributed by atoms with Crippen LogP contribution in [-0.2, 0) is 4.74 Å². The SMILES string of the molecule is COc1ccc2nc(/N=C3\OC4(CN5CCC4CC5)CN3C)sc2c1. The second kappa shape index (κ2) is 5.57. The summed E-state index contributed by atoms with van der Waals surface area (Å²) >= 11 is 1.57. The lowest BCUT2D eigenvalue weighted by atomic mass is 9.75. The first kappa shape index (κ1) is 15.4. The van der Waals surface area contributed by atoms with Crippen LogP contribution in [0, 0.1) is 5.92 Å². The molecule has 0 amide bonds. The smallest absolute Gasteiger partial charge is 0.295 e. The molecule has 0 aliphatic carbocycles. The number of piperidine rings is 3. The first-order valence-corrected chi connectivity index (χ1v) is 9.63. The molecule has 6 rings (SSSR count). The minimum absolute atomic E-state index is 0.0794. The van der Waals surface area contributed by atoms with Crippen molar-refractivity contribution in [3.8, 4) is 5.75 Å². The van der Waals surface area contributed by atoms with Crippen LogP contribution >= 0.6 is 11.3 Å². The molecular weight excluding hydrogens is 336 g/mol. The number of rotatable bonds is 2. The number of thiazole rings is 1. The largest absolute Gasteiger partial charge is 0.497 e. The highest BCUT2D eigenvalue weighted by atomic mass is 32.1. The molecule has 0 radical (unpaired) electrons. The number of amidine groups is 1. The molecule has 1 atom stereocenters. The van der Waals surface area contributed by atoms with Gasteiger partial charge in [0.25, 0.3) is 6.02 Å². The van der Waals surface area contributed by atoms with Crippen LogP contribution in [0.25, 0.3) is 10.2 Å². The Hall–Kier alpha value is -1.86. The molecular formula is C18H22N4O2S. The molecule has 1 aromatic heterocycles. The number of methoxy groups -OCH3 is 1. The van der Waals surface area contributed by atoms with Crippen molar-refractivity contribution in [3.05, 3.63) is 18.2 Å². The molecule has 4 aliphatic heterocycles. The molecule has 4 saturated heterocycles. The van der Waals surface area contributed by atoms with Crippen LogP contribution in [0.4, 0.5) is 5.13 Å². The molecule has 4 aliphatic rings. The van der Waals surface area contributed by atoms with Gasteiger partial charge < -0.3 is 14.4 Å². The van der Waals surface area contributed by atoms with Crippen molar-refractivity contribution < 1.29 is 9.47 Å². The van der Waals surface area contributed by atoms with E-state index in [9.17, 15) is 0 Å².